The topological polar surface area (TPSA) is 91.3 Å². The quantitative estimate of drug-likeness (QED) is 0.473. The Bertz CT molecular complexity index is 1430. The molecule has 0 atom stereocenters. The van der Waals surface area contributed by atoms with Crippen molar-refractivity contribution in [3.05, 3.63) is 72.7 Å². The molecule has 174 valence electrons. The minimum Gasteiger partial charge on any atom is -0.353 e. The van der Waals surface area contributed by atoms with Crippen LogP contribution in [0, 0.1) is 6.92 Å². The van der Waals surface area contributed by atoms with Gasteiger partial charge in [0.05, 0.1) is 33.5 Å². The van der Waals surface area contributed by atoms with Crippen molar-refractivity contribution in [1.29, 1.82) is 0 Å². The maximum absolute atomic E-state index is 12.8. The van der Waals surface area contributed by atoms with Crippen LogP contribution in [0.1, 0.15) is 5.69 Å². The average Bonchev–Trinajstić information content (AvgIpc) is 2.85. The summed E-state index contributed by atoms with van der Waals surface area (Å²) in [5.41, 5.74) is 4.34. The van der Waals surface area contributed by atoms with Gasteiger partial charge >= 0.3 is 0 Å². The number of aromatic nitrogens is 3. The minimum absolute atomic E-state index is 0.206. The molecule has 0 aliphatic carbocycles. The number of hydrogen-bond acceptors (Lipinski definition) is 7. The second kappa shape index (κ2) is 9.00. The predicted octanol–water partition coefficient (Wildman–Crippen LogP) is 3.55. The number of nitrogens with zero attached hydrogens (tertiary/aromatic N) is 5. The lowest BCUT2D eigenvalue weighted by atomic mass is 10.1. The van der Waals surface area contributed by atoms with Crippen molar-refractivity contribution in [2.45, 2.75) is 11.8 Å². The molecule has 0 spiro atoms. The highest BCUT2D eigenvalue weighted by Gasteiger charge is 2.18. The van der Waals surface area contributed by atoms with Gasteiger partial charge in [-0.25, -0.2) is 13.4 Å². The number of nitrogens with one attached hydrogen (secondary N) is 1. The van der Waals surface area contributed by atoms with Gasteiger partial charge in [0.2, 0.25) is 0 Å². The van der Waals surface area contributed by atoms with E-state index in [-0.39, 0.29) is 4.90 Å². The van der Waals surface area contributed by atoms with Crippen LogP contribution >= 0.6 is 0 Å². The molecule has 1 saturated heterocycles. The summed E-state index contributed by atoms with van der Waals surface area (Å²) >= 11 is 0. The summed E-state index contributed by atoms with van der Waals surface area (Å²) < 4.78 is 28.3. The minimum atomic E-state index is -3.71. The van der Waals surface area contributed by atoms with Crippen LogP contribution in [0.25, 0.3) is 22.2 Å². The summed E-state index contributed by atoms with van der Waals surface area (Å²) in [6.07, 6.45) is 3.58. The van der Waals surface area contributed by atoms with Crippen molar-refractivity contribution >= 4 is 32.6 Å². The van der Waals surface area contributed by atoms with E-state index in [1.807, 2.05) is 30.5 Å². The lowest BCUT2D eigenvalue weighted by Crippen LogP contribution is -2.44. The Morgan fingerprint density at radius 2 is 1.62 bits per heavy atom. The van der Waals surface area contributed by atoms with Crippen LogP contribution in [0.15, 0.2) is 71.9 Å². The fraction of sp³-hybridized carbons (Fsp3) is 0.240. The standard InChI is InChI=1S/C25H26N6O2S/c1-18-23(29-34(32,33)21-6-4-3-5-7-21)15-20(16-26-18)19-8-9-22-24(14-19)28-25(17-27-22)31-12-10-30(2)11-13-31/h3-9,14-17,29H,10-13H2,1-2H3. The molecule has 1 aliphatic rings. The summed E-state index contributed by atoms with van der Waals surface area (Å²) in [5.74, 6) is 0.871. The van der Waals surface area contributed by atoms with E-state index in [9.17, 15) is 8.42 Å². The van der Waals surface area contributed by atoms with E-state index in [4.69, 9.17) is 4.98 Å². The number of anilines is 2. The van der Waals surface area contributed by atoms with Gasteiger partial charge in [-0.2, -0.15) is 0 Å². The second-order valence-electron chi connectivity index (χ2n) is 8.50. The van der Waals surface area contributed by atoms with Crippen LogP contribution < -0.4 is 9.62 Å². The van der Waals surface area contributed by atoms with Crippen molar-refractivity contribution in [2.24, 2.45) is 0 Å². The van der Waals surface area contributed by atoms with E-state index in [1.54, 1.807) is 43.5 Å². The summed E-state index contributed by atoms with van der Waals surface area (Å²) in [4.78, 5) is 18.7. The van der Waals surface area contributed by atoms with Gasteiger partial charge in [0.15, 0.2) is 0 Å². The largest absolute Gasteiger partial charge is 0.353 e. The highest BCUT2D eigenvalue weighted by molar-refractivity contribution is 7.92. The fourth-order valence-corrected chi connectivity index (χ4v) is 5.10. The molecule has 4 aromatic rings. The molecule has 0 saturated carbocycles. The maximum atomic E-state index is 12.8. The first-order valence-electron chi connectivity index (χ1n) is 11.1. The van der Waals surface area contributed by atoms with Gasteiger partial charge in [-0.1, -0.05) is 24.3 Å². The van der Waals surface area contributed by atoms with Gasteiger partial charge in [-0.15, -0.1) is 0 Å². The zero-order valence-electron chi connectivity index (χ0n) is 19.1. The molecule has 2 aromatic heterocycles. The molecule has 34 heavy (non-hydrogen) atoms. The summed E-state index contributed by atoms with van der Waals surface area (Å²) in [6.45, 7) is 5.61. The summed E-state index contributed by atoms with van der Waals surface area (Å²) in [6, 6.07) is 16.0. The third kappa shape index (κ3) is 4.57. The van der Waals surface area contributed by atoms with E-state index >= 15 is 0 Å². The Balaban J connectivity index is 1.46. The van der Waals surface area contributed by atoms with E-state index < -0.39 is 10.0 Å². The van der Waals surface area contributed by atoms with Gasteiger partial charge in [0.25, 0.3) is 10.0 Å². The maximum Gasteiger partial charge on any atom is 0.261 e. The van der Waals surface area contributed by atoms with Crippen LogP contribution in [-0.4, -0.2) is 61.5 Å². The smallest absolute Gasteiger partial charge is 0.261 e. The first-order valence-corrected chi connectivity index (χ1v) is 12.6. The van der Waals surface area contributed by atoms with Crippen LogP contribution in [0.2, 0.25) is 0 Å². The number of benzene rings is 2. The number of pyridine rings is 1. The highest BCUT2D eigenvalue weighted by atomic mass is 32.2. The molecule has 1 fully saturated rings. The number of sulfonamides is 1. The van der Waals surface area contributed by atoms with Crippen molar-refractivity contribution in [3.8, 4) is 11.1 Å². The molecule has 0 amide bonds. The van der Waals surface area contributed by atoms with E-state index in [0.29, 0.717) is 11.4 Å². The number of fused-ring (bicyclic) bond motifs is 1. The number of aryl methyl sites for hydroxylation is 1. The molecule has 2 aromatic carbocycles. The Morgan fingerprint density at radius 3 is 2.38 bits per heavy atom. The van der Waals surface area contributed by atoms with Gasteiger partial charge in [0.1, 0.15) is 5.82 Å². The van der Waals surface area contributed by atoms with Crippen molar-refractivity contribution in [1.82, 2.24) is 19.9 Å². The van der Waals surface area contributed by atoms with Crippen molar-refractivity contribution in [3.63, 3.8) is 0 Å². The van der Waals surface area contributed by atoms with E-state index in [0.717, 1.165) is 54.2 Å². The van der Waals surface area contributed by atoms with Crippen LogP contribution in [-0.2, 0) is 10.0 Å². The molecular weight excluding hydrogens is 448 g/mol. The molecule has 3 heterocycles. The molecule has 0 bridgehead atoms. The lowest BCUT2D eigenvalue weighted by Gasteiger charge is -2.33. The molecule has 1 N–H and O–H groups in total. The molecular formula is C25H26N6O2S. The fourth-order valence-electron chi connectivity index (χ4n) is 3.97. The third-order valence-electron chi connectivity index (χ3n) is 6.07. The SMILES string of the molecule is Cc1ncc(-c2ccc3ncc(N4CCN(C)CC4)nc3c2)cc1NS(=O)(=O)c1ccccc1. The van der Waals surface area contributed by atoms with Crippen LogP contribution in [0.5, 0.6) is 0 Å². The molecule has 8 nitrogen and oxygen atoms in total. The van der Waals surface area contributed by atoms with Gasteiger partial charge in [-0.05, 0) is 49.9 Å². The average molecular weight is 475 g/mol. The normalized spacial score (nSPS) is 14.9. The zero-order valence-corrected chi connectivity index (χ0v) is 20.0. The molecule has 1 aliphatic heterocycles. The van der Waals surface area contributed by atoms with E-state index in [2.05, 4.69) is 31.5 Å². The molecule has 0 unspecified atom stereocenters. The summed E-state index contributed by atoms with van der Waals surface area (Å²) in [5, 5.41) is 0. The number of likely N-dealkylation sites (N-methyl/N-ethyl adjacent to an activating group) is 1. The first kappa shape index (κ1) is 22.2. The number of hydrogen-bond donors (Lipinski definition) is 1. The Kier molecular flexibility index (Phi) is 5.89. The predicted molar refractivity (Wildman–Crippen MR) is 134 cm³/mol. The molecule has 5 rings (SSSR count). The van der Waals surface area contributed by atoms with Gasteiger partial charge < -0.3 is 9.80 Å². The van der Waals surface area contributed by atoms with Crippen LogP contribution in [0.4, 0.5) is 11.5 Å². The second-order valence-corrected chi connectivity index (χ2v) is 10.2. The lowest BCUT2D eigenvalue weighted by molar-refractivity contribution is 0.312. The summed E-state index contributed by atoms with van der Waals surface area (Å²) in [7, 11) is -1.59. The zero-order chi connectivity index (χ0) is 23.7. The Hall–Kier alpha value is -3.56. The monoisotopic (exact) mass is 474 g/mol. The van der Waals surface area contributed by atoms with Gasteiger partial charge in [-0.3, -0.25) is 14.7 Å². The van der Waals surface area contributed by atoms with Crippen molar-refractivity contribution in [2.75, 3.05) is 42.8 Å². The Labute approximate surface area is 199 Å². The number of piperazine rings is 1. The van der Waals surface area contributed by atoms with E-state index in [1.165, 1.54) is 0 Å². The molecule has 9 heteroatoms. The molecule has 0 radical (unpaired) electrons. The highest BCUT2D eigenvalue weighted by Crippen LogP contribution is 2.28. The third-order valence-corrected chi connectivity index (χ3v) is 7.46. The first-order chi connectivity index (χ1) is 16.4. The van der Waals surface area contributed by atoms with Crippen molar-refractivity contribution < 1.29 is 8.42 Å². The van der Waals surface area contributed by atoms with Gasteiger partial charge in [0, 0.05) is 37.9 Å². The Morgan fingerprint density at radius 1 is 0.853 bits per heavy atom. The van der Waals surface area contributed by atoms with Crippen LogP contribution in [0.3, 0.4) is 0 Å². The number of rotatable bonds is 5.